The molecule has 1 amide bonds. The number of aromatic hydroxyl groups is 1. The molecule has 7 heteroatoms. The molecule has 3 aromatic carbocycles. The SMILES string of the molecule is COc1ccc(CCN2C(=O)c3[nH]nc(-c4cc(C)cc(C)c4O)c3C2c2ccc(SC)cc2)cc1. The summed E-state index contributed by atoms with van der Waals surface area (Å²) in [5.41, 5.74) is 6.50. The molecule has 0 aliphatic carbocycles. The van der Waals surface area contributed by atoms with E-state index in [-0.39, 0.29) is 17.7 Å². The number of hydrogen-bond acceptors (Lipinski definition) is 5. The second-order valence-electron chi connectivity index (χ2n) is 9.11. The van der Waals surface area contributed by atoms with Crippen molar-refractivity contribution in [2.24, 2.45) is 0 Å². The smallest absolute Gasteiger partial charge is 0.273 e. The summed E-state index contributed by atoms with van der Waals surface area (Å²) in [5, 5.41) is 18.4. The molecule has 6 nitrogen and oxygen atoms in total. The lowest BCUT2D eigenvalue weighted by molar-refractivity contribution is 0.0746. The summed E-state index contributed by atoms with van der Waals surface area (Å²) in [4.78, 5) is 16.7. The van der Waals surface area contributed by atoms with Gasteiger partial charge in [-0.05, 0) is 79.1 Å². The van der Waals surface area contributed by atoms with Crippen LogP contribution in [-0.4, -0.2) is 46.0 Å². The summed E-state index contributed by atoms with van der Waals surface area (Å²) in [7, 11) is 1.65. The van der Waals surface area contributed by atoms with Crippen molar-refractivity contribution in [3.05, 3.63) is 94.2 Å². The Morgan fingerprint density at radius 3 is 2.47 bits per heavy atom. The van der Waals surface area contributed by atoms with Crippen LogP contribution in [0.1, 0.15) is 44.3 Å². The first-order valence-corrected chi connectivity index (χ1v) is 13.1. The van der Waals surface area contributed by atoms with Gasteiger partial charge in [0.1, 0.15) is 22.9 Å². The first-order chi connectivity index (χ1) is 17.4. The van der Waals surface area contributed by atoms with Crippen molar-refractivity contribution in [3.63, 3.8) is 0 Å². The predicted molar refractivity (Wildman–Crippen MR) is 143 cm³/mol. The summed E-state index contributed by atoms with van der Waals surface area (Å²) in [6, 6.07) is 19.8. The number of methoxy groups -OCH3 is 1. The van der Waals surface area contributed by atoms with E-state index < -0.39 is 0 Å². The van der Waals surface area contributed by atoms with E-state index in [0.717, 1.165) is 38.5 Å². The highest BCUT2D eigenvalue weighted by atomic mass is 32.2. The molecule has 4 aromatic rings. The van der Waals surface area contributed by atoms with Gasteiger partial charge in [0.25, 0.3) is 5.91 Å². The van der Waals surface area contributed by atoms with Gasteiger partial charge in [0.2, 0.25) is 0 Å². The van der Waals surface area contributed by atoms with Gasteiger partial charge in [0.15, 0.2) is 0 Å². The molecule has 1 aromatic heterocycles. The first-order valence-electron chi connectivity index (χ1n) is 11.9. The number of H-pyrrole nitrogens is 1. The standard InChI is InChI=1S/C29H29N3O3S/c1-17-15-18(2)28(33)23(16-17)25-24-26(31-30-25)29(34)32(14-13-19-5-9-21(35-3)10-6-19)27(24)20-7-11-22(36-4)12-8-20/h5-12,15-16,27,33H,13-14H2,1-4H3,(H,30,31). The molecule has 2 N–H and O–H groups in total. The molecule has 1 aliphatic rings. The molecule has 184 valence electrons. The lowest BCUT2D eigenvalue weighted by Gasteiger charge is -2.27. The number of benzene rings is 3. The molecule has 36 heavy (non-hydrogen) atoms. The molecule has 1 atom stereocenters. The molecular formula is C29H29N3O3S. The fourth-order valence-corrected chi connectivity index (χ4v) is 5.36. The molecule has 2 heterocycles. The van der Waals surface area contributed by atoms with Gasteiger partial charge in [-0.1, -0.05) is 30.3 Å². The summed E-state index contributed by atoms with van der Waals surface area (Å²) >= 11 is 1.68. The van der Waals surface area contributed by atoms with Crippen molar-refractivity contribution in [3.8, 4) is 22.8 Å². The number of aromatic nitrogens is 2. The molecule has 1 unspecified atom stereocenters. The molecule has 0 fully saturated rings. The van der Waals surface area contributed by atoms with E-state index in [1.807, 2.05) is 61.4 Å². The third kappa shape index (κ3) is 4.24. The number of phenols is 1. The van der Waals surface area contributed by atoms with Crippen LogP contribution in [0.2, 0.25) is 0 Å². The van der Waals surface area contributed by atoms with Crippen LogP contribution in [0.3, 0.4) is 0 Å². The van der Waals surface area contributed by atoms with E-state index in [1.165, 1.54) is 0 Å². The monoisotopic (exact) mass is 499 g/mol. The lowest BCUT2D eigenvalue weighted by Crippen LogP contribution is -2.31. The van der Waals surface area contributed by atoms with Gasteiger partial charge in [-0.25, -0.2) is 0 Å². The highest BCUT2D eigenvalue weighted by Crippen LogP contribution is 2.45. The van der Waals surface area contributed by atoms with E-state index in [0.29, 0.717) is 29.9 Å². The number of aryl methyl sites for hydroxylation is 2. The van der Waals surface area contributed by atoms with Crippen molar-refractivity contribution in [2.75, 3.05) is 19.9 Å². The Labute approximate surface area is 215 Å². The van der Waals surface area contributed by atoms with E-state index in [1.54, 1.807) is 18.9 Å². The van der Waals surface area contributed by atoms with Crippen LogP contribution in [0.5, 0.6) is 11.5 Å². The fraction of sp³-hybridized carbons (Fsp3) is 0.241. The van der Waals surface area contributed by atoms with Crippen LogP contribution in [0.25, 0.3) is 11.3 Å². The highest BCUT2D eigenvalue weighted by Gasteiger charge is 2.42. The Morgan fingerprint density at radius 1 is 1.08 bits per heavy atom. The number of nitrogens with one attached hydrogen (secondary N) is 1. The average molecular weight is 500 g/mol. The van der Waals surface area contributed by atoms with Gasteiger partial charge in [0, 0.05) is 22.6 Å². The van der Waals surface area contributed by atoms with E-state index in [4.69, 9.17) is 4.74 Å². The minimum absolute atomic E-state index is 0.0833. The Bertz CT molecular complexity index is 1410. The van der Waals surface area contributed by atoms with Gasteiger partial charge < -0.3 is 14.7 Å². The van der Waals surface area contributed by atoms with Crippen molar-refractivity contribution in [1.29, 1.82) is 0 Å². The molecule has 0 bridgehead atoms. The minimum Gasteiger partial charge on any atom is -0.507 e. The van der Waals surface area contributed by atoms with Gasteiger partial charge in [0.05, 0.1) is 13.2 Å². The lowest BCUT2D eigenvalue weighted by atomic mass is 9.94. The zero-order valence-corrected chi connectivity index (χ0v) is 21.6. The Morgan fingerprint density at radius 2 is 1.81 bits per heavy atom. The van der Waals surface area contributed by atoms with E-state index >= 15 is 0 Å². The number of hydrogen-bond donors (Lipinski definition) is 2. The second kappa shape index (κ2) is 9.74. The Hall–Kier alpha value is -3.71. The van der Waals surface area contributed by atoms with Gasteiger partial charge in [-0.2, -0.15) is 5.10 Å². The van der Waals surface area contributed by atoms with Crippen LogP contribution < -0.4 is 4.74 Å². The average Bonchev–Trinajstić information content (AvgIpc) is 3.44. The van der Waals surface area contributed by atoms with Crippen LogP contribution >= 0.6 is 11.8 Å². The number of thioether (sulfide) groups is 1. The summed E-state index contributed by atoms with van der Waals surface area (Å²) in [6.07, 6.45) is 2.75. The number of aromatic amines is 1. The number of carbonyl (C=O) groups excluding carboxylic acids is 1. The highest BCUT2D eigenvalue weighted by molar-refractivity contribution is 7.98. The van der Waals surface area contributed by atoms with Crippen LogP contribution in [0.15, 0.2) is 65.6 Å². The van der Waals surface area contributed by atoms with Gasteiger partial charge in [-0.15, -0.1) is 11.8 Å². The van der Waals surface area contributed by atoms with Gasteiger partial charge >= 0.3 is 0 Å². The number of rotatable bonds is 7. The number of nitrogens with zero attached hydrogens (tertiary/aromatic N) is 2. The number of fused-ring (bicyclic) bond motifs is 1. The summed E-state index contributed by atoms with van der Waals surface area (Å²) in [5.74, 6) is 0.914. The van der Waals surface area contributed by atoms with Crippen LogP contribution in [-0.2, 0) is 6.42 Å². The zero-order valence-electron chi connectivity index (χ0n) is 20.8. The topological polar surface area (TPSA) is 78.5 Å². The predicted octanol–water partition coefficient (Wildman–Crippen LogP) is 5.92. The molecule has 0 radical (unpaired) electrons. The third-order valence-corrected chi connectivity index (χ3v) is 7.54. The van der Waals surface area contributed by atoms with Crippen molar-refractivity contribution in [1.82, 2.24) is 15.1 Å². The Balaban J connectivity index is 1.57. The number of phenolic OH excluding ortho intramolecular Hbond substituents is 1. The van der Waals surface area contributed by atoms with Crippen molar-refractivity contribution >= 4 is 17.7 Å². The van der Waals surface area contributed by atoms with Gasteiger partial charge in [-0.3, -0.25) is 9.89 Å². The molecule has 1 aliphatic heterocycles. The maximum atomic E-state index is 13.7. The summed E-state index contributed by atoms with van der Waals surface area (Å²) in [6.45, 7) is 4.41. The number of amides is 1. The molecular weight excluding hydrogens is 470 g/mol. The second-order valence-corrected chi connectivity index (χ2v) is 9.99. The largest absolute Gasteiger partial charge is 0.507 e. The van der Waals surface area contributed by atoms with E-state index in [2.05, 4.69) is 34.5 Å². The minimum atomic E-state index is -0.310. The number of carbonyl (C=O) groups is 1. The van der Waals surface area contributed by atoms with Crippen LogP contribution in [0.4, 0.5) is 0 Å². The van der Waals surface area contributed by atoms with Crippen molar-refractivity contribution < 1.29 is 14.6 Å². The molecule has 5 rings (SSSR count). The molecule has 0 saturated heterocycles. The molecule has 0 saturated carbocycles. The summed E-state index contributed by atoms with van der Waals surface area (Å²) < 4.78 is 5.27. The third-order valence-electron chi connectivity index (χ3n) is 6.80. The zero-order chi connectivity index (χ0) is 25.4. The normalized spacial score (nSPS) is 14.8. The maximum Gasteiger partial charge on any atom is 0.273 e. The van der Waals surface area contributed by atoms with E-state index in [9.17, 15) is 9.90 Å². The fourth-order valence-electron chi connectivity index (χ4n) is 4.95. The maximum absolute atomic E-state index is 13.7. The number of ether oxygens (including phenoxy) is 1. The quantitative estimate of drug-likeness (QED) is 0.309. The Kier molecular flexibility index (Phi) is 6.49. The van der Waals surface area contributed by atoms with Crippen LogP contribution in [0, 0.1) is 13.8 Å². The molecule has 0 spiro atoms. The first kappa shape index (κ1) is 24.0. The van der Waals surface area contributed by atoms with Crippen molar-refractivity contribution in [2.45, 2.75) is 31.2 Å².